The second kappa shape index (κ2) is 10.3. The normalized spacial score (nSPS) is 15.2. The molecule has 178 valence electrons. The highest BCUT2D eigenvalue weighted by molar-refractivity contribution is 6.21. The van der Waals surface area contributed by atoms with Crippen LogP contribution in [0.1, 0.15) is 39.2 Å². The van der Waals surface area contributed by atoms with Crippen LogP contribution >= 0.6 is 0 Å². The minimum Gasteiger partial charge on any atom is -0.497 e. The van der Waals surface area contributed by atoms with Crippen molar-refractivity contribution in [2.75, 3.05) is 25.7 Å². The molecule has 0 saturated carbocycles. The van der Waals surface area contributed by atoms with Crippen molar-refractivity contribution in [3.8, 4) is 5.75 Å². The van der Waals surface area contributed by atoms with E-state index >= 15 is 0 Å². The van der Waals surface area contributed by atoms with Gasteiger partial charge in [0.05, 0.1) is 38.0 Å². The third-order valence-corrected chi connectivity index (χ3v) is 5.76. The Labute approximate surface area is 203 Å². The van der Waals surface area contributed by atoms with Crippen molar-refractivity contribution < 1.29 is 28.6 Å². The number of amides is 1. The van der Waals surface area contributed by atoms with E-state index in [1.807, 2.05) is 30.3 Å². The summed E-state index contributed by atoms with van der Waals surface area (Å²) in [6, 6.07) is 21.8. The number of hydrogen-bond acceptors (Lipinski definition) is 6. The van der Waals surface area contributed by atoms with Crippen LogP contribution in [0.25, 0.3) is 0 Å². The van der Waals surface area contributed by atoms with E-state index in [-0.39, 0.29) is 23.7 Å². The molecule has 1 heterocycles. The number of carbonyl (C=O) groups is 3. The number of anilines is 1. The molecule has 0 radical (unpaired) electrons. The number of Topliss-reactive ketones (excluding diaryl/α,β-unsaturated/α-hetero) is 1. The van der Waals surface area contributed by atoms with E-state index < -0.39 is 17.9 Å². The van der Waals surface area contributed by atoms with Gasteiger partial charge in [-0.05, 0) is 61.0 Å². The Bertz CT molecular complexity index is 1260. The highest BCUT2D eigenvalue weighted by atomic mass is 16.5. The standard InChI is InChI=1S/C28H25NO6/c1-4-35-28(32)20-10-14-21(15-11-20)29-24(18-8-6-5-7-9-18)23(26(34-3)27(29)31)25(30)19-12-16-22(33-2)17-13-19/h5-17,24H,4H2,1-3H3. The second-order valence-corrected chi connectivity index (χ2v) is 7.76. The molecule has 7 nitrogen and oxygen atoms in total. The summed E-state index contributed by atoms with van der Waals surface area (Å²) in [6.45, 7) is 2.00. The average molecular weight is 472 g/mol. The van der Waals surface area contributed by atoms with Gasteiger partial charge in [-0.3, -0.25) is 14.5 Å². The number of ketones is 1. The number of benzene rings is 3. The van der Waals surface area contributed by atoms with Gasteiger partial charge in [0.2, 0.25) is 0 Å². The van der Waals surface area contributed by atoms with E-state index in [4.69, 9.17) is 14.2 Å². The van der Waals surface area contributed by atoms with Gasteiger partial charge in [0.1, 0.15) is 5.75 Å². The Morgan fingerprint density at radius 2 is 1.46 bits per heavy atom. The van der Waals surface area contributed by atoms with E-state index in [1.165, 1.54) is 12.0 Å². The van der Waals surface area contributed by atoms with Crippen molar-refractivity contribution in [1.29, 1.82) is 0 Å². The van der Waals surface area contributed by atoms with Gasteiger partial charge in [0.15, 0.2) is 11.5 Å². The maximum atomic E-state index is 13.7. The summed E-state index contributed by atoms with van der Waals surface area (Å²) in [5.41, 5.74) is 2.28. The number of rotatable bonds is 8. The van der Waals surface area contributed by atoms with Crippen molar-refractivity contribution in [1.82, 2.24) is 0 Å². The largest absolute Gasteiger partial charge is 0.497 e. The minimum absolute atomic E-state index is 0.0193. The number of esters is 1. The van der Waals surface area contributed by atoms with E-state index in [0.717, 1.165) is 5.56 Å². The van der Waals surface area contributed by atoms with Crippen molar-refractivity contribution in [3.05, 3.63) is 107 Å². The van der Waals surface area contributed by atoms with Gasteiger partial charge in [0, 0.05) is 11.3 Å². The Morgan fingerprint density at radius 3 is 2.03 bits per heavy atom. The zero-order valence-corrected chi connectivity index (χ0v) is 19.7. The minimum atomic E-state index is -0.721. The first-order valence-corrected chi connectivity index (χ1v) is 11.1. The predicted molar refractivity (Wildman–Crippen MR) is 130 cm³/mol. The second-order valence-electron chi connectivity index (χ2n) is 7.76. The smallest absolute Gasteiger partial charge is 0.338 e. The highest BCUT2D eigenvalue weighted by Crippen LogP contribution is 2.42. The molecule has 3 aromatic carbocycles. The van der Waals surface area contributed by atoms with Crippen molar-refractivity contribution in [3.63, 3.8) is 0 Å². The number of methoxy groups -OCH3 is 2. The predicted octanol–water partition coefficient (Wildman–Crippen LogP) is 4.74. The summed E-state index contributed by atoms with van der Waals surface area (Å²) in [5, 5.41) is 0. The third-order valence-electron chi connectivity index (χ3n) is 5.76. The molecule has 0 aromatic heterocycles. The number of carbonyl (C=O) groups excluding carboxylic acids is 3. The molecule has 0 fully saturated rings. The lowest BCUT2D eigenvalue weighted by molar-refractivity contribution is -0.117. The average Bonchev–Trinajstić information content (AvgIpc) is 3.20. The quantitative estimate of drug-likeness (QED) is 0.349. The van der Waals surface area contributed by atoms with Crippen molar-refractivity contribution >= 4 is 23.3 Å². The Balaban J connectivity index is 1.80. The van der Waals surface area contributed by atoms with E-state index in [1.54, 1.807) is 62.6 Å². The summed E-state index contributed by atoms with van der Waals surface area (Å²) in [5.74, 6) is -0.612. The van der Waals surface area contributed by atoms with Crippen LogP contribution < -0.4 is 9.64 Å². The van der Waals surface area contributed by atoms with Gasteiger partial charge >= 0.3 is 5.97 Å². The fraction of sp³-hybridized carbons (Fsp3) is 0.179. The SMILES string of the molecule is CCOC(=O)c1ccc(N2C(=O)C(OC)=C(C(=O)c3ccc(OC)cc3)C2c2ccccc2)cc1. The lowest BCUT2D eigenvalue weighted by atomic mass is 9.92. The molecule has 1 atom stereocenters. The lowest BCUT2D eigenvalue weighted by Gasteiger charge is -2.27. The first-order valence-electron chi connectivity index (χ1n) is 11.1. The maximum absolute atomic E-state index is 13.7. The zero-order chi connectivity index (χ0) is 24.9. The first kappa shape index (κ1) is 23.8. The third kappa shape index (κ3) is 4.53. The van der Waals surface area contributed by atoms with Gasteiger partial charge < -0.3 is 14.2 Å². The molecule has 4 rings (SSSR count). The molecule has 0 spiro atoms. The van der Waals surface area contributed by atoms with Gasteiger partial charge in [-0.25, -0.2) is 4.79 Å². The lowest BCUT2D eigenvalue weighted by Crippen LogP contribution is -2.31. The molecule has 0 bridgehead atoms. The monoisotopic (exact) mass is 471 g/mol. The van der Waals surface area contributed by atoms with Crippen molar-refractivity contribution in [2.24, 2.45) is 0 Å². The van der Waals surface area contributed by atoms with Gasteiger partial charge in [0.25, 0.3) is 5.91 Å². The van der Waals surface area contributed by atoms with Gasteiger partial charge in [-0.2, -0.15) is 0 Å². The molecule has 7 heteroatoms. The summed E-state index contributed by atoms with van der Waals surface area (Å²) in [6.07, 6.45) is 0. The molecule has 1 amide bonds. The molecule has 0 saturated heterocycles. The Hall–Kier alpha value is -4.39. The van der Waals surface area contributed by atoms with Crippen LogP contribution in [0, 0.1) is 0 Å². The van der Waals surface area contributed by atoms with Crippen LogP contribution in [0.2, 0.25) is 0 Å². The van der Waals surface area contributed by atoms with E-state index in [2.05, 4.69) is 0 Å². The summed E-state index contributed by atoms with van der Waals surface area (Å²) < 4.78 is 15.7. The molecule has 3 aromatic rings. The zero-order valence-electron chi connectivity index (χ0n) is 19.7. The topological polar surface area (TPSA) is 82.1 Å². The first-order chi connectivity index (χ1) is 17.0. The highest BCUT2D eigenvalue weighted by Gasteiger charge is 2.45. The molecule has 0 aliphatic carbocycles. The van der Waals surface area contributed by atoms with Crippen LogP contribution in [-0.2, 0) is 14.3 Å². The fourth-order valence-corrected chi connectivity index (χ4v) is 4.11. The van der Waals surface area contributed by atoms with E-state index in [0.29, 0.717) is 22.6 Å². The number of ether oxygens (including phenoxy) is 3. The molecule has 1 unspecified atom stereocenters. The Morgan fingerprint density at radius 1 is 0.829 bits per heavy atom. The number of nitrogens with zero attached hydrogens (tertiary/aromatic N) is 1. The Kier molecular flexibility index (Phi) is 6.96. The maximum Gasteiger partial charge on any atom is 0.338 e. The van der Waals surface area contributed by atoms with Crippen LogP contribution in [0.15, 0.2) is 90.2 Å². The van der Waals surface area contributed by atoms with Crippen LogP contribution in [0.3, 0.4) is 0 Å². The van der Waals surface area contributed by atoms with Crippen molar-refractivity contribution in [2.45, 2.75) is 13.0 Å². The summed E-state index contributed by atoms with van der Waals surface area (Å²) >= 11 is 0. The summed E-state index contributed by atoms with van der Waals surface area (Å²) in [4.78, 5) is 40.9. The number of hydrogen-bond donors (Lipinski definition) is 0. The van der Waals surface area contributed by atoms with Crippen LogP contribution in [0.4, 0.5) is 5.69 Å². The molecular weight excluding hydrogens is 446 g/mol. The van der Waals surface area contributed by atoms with E-state index in [9.17, 15) is 14.4 Å². The fourth-order valence-electron chi connectivity index (χ4n) is 4.11. The van der Waals surface area contributed by atoms with Gasteiger partial charge in [-0.15, -0.1) is 0 Å². The molecule has 0 N–H and O–H groups in total. The van der Waals surface area contributed by atoms with Crippen LogP contribution in [-0.4, -0.2) is 38.5 Å². The van der Waals surface area contributed by atoms with Crippen LogP contribution in [0.5, 0.6) is 5.75 Å². The van der Waals surface area contributed by atoms with Gasteiger partial charge in [-0.1, -0.05) is 30.3 Å². The molecule has 35 heavy (non-hydrogen) atoms. The summed E-state index contributed by atoms with van der Waals surface area (Å²) in [7, 11) is 2.93. The molecular formula is C28H25NO6. The molecule has 1 aliphatic rings. The molecule has 1 aliphatic heterocycles.